The Morgan fingerprint density at radius 1 is 1.40 bits per heavy atom. The van der Waals surface area contributed by atoms with Gasteiger partial charge in [-0.3, -0.25) is 4.98 Å². The monoisotopic (exact) mass is 312 g/mol. The minimum atomic E-state index is -3.74. The first kappa shape index (κ1) is 14.6. The first-order chi connectivity index (χ1) is 9.40. The fraction of sp³-hybridized carbons (Fsp3) is 0.167. The first-order valence-electron chi connectivity index (χ1n) is 5.64. The summed E-state index contributed by atoms with van der Waals surface area (Å²) in [6.07, 6.45) is 3.15. The van der Waals surface area contributed by atoms with Gasteiger partial charge in [-0.1, -0.05) is 0 Å². The number of aromatic carboxylic acids is 1. The summed E-state index contributed by atoms with van der Waals surface area (Å²) in [7, 11) is -3.74. The second kappa shape index (κ2) is 5.70. The third-order valence-electron chi connectivity index (χ3n) is 2.63. The lowest BCUT2D eigenvalue weighted by atomic mass is 10.1. The highest BCUT2D eigenvalue weighted by Crippen LogP contribution is 2.21. The van der Waals surface area contributed by atoms with Crippen molar-refractivity contribution in [1.82, 2.24) is 9.71 Å². The number of nitrogens with zero attached hydrogens (tertiary/aromatic N) is 1. The number of rotatable bonds is 5. The van der Waals surface area contributed by atoms with Gasteiger partial charge in [0.1, 0.15) is 4.88 Å². The molecule has 2 heterocycles. The van der Waals surface area contributed by atoms with Gasteiger partial charge in [-0.2, -0.15) is 0 Å². The van der Waals surface area contributed by atoms with Gasteiger partial charge in [-0.15, -0.1) is 11.3 Å². The second-order valence-electron chi connectivity index (χ2n) is 4.08. The molecule has 106 valence electrons. The third-order valence-corrected chi connectivity index (χ3v) is 5.22. The van der Waals surface area contributed by atoms with Crippen LogP contribution < -0.4 is 4.72 Å². The van der Waals surface area contributed by atoms with Gasteiger partial charge in [0.25, 0.3) is 0 Å². The molecule has 0 aliphatic rings. The summed E-state index contributed by atoms with van der Waals surface area (Å²) in [6.45, 7) is 1.71. The van der Waals surface area contributed by atoms with Crippen molar-refractivity contribution in [3.63, 3.8) is 0 Å². The molecule has 2 N–H and O–H groups in total. The van der Waals surface area contributed by atoms with Crippen LogP contribution in [0.1, 0.15) is 28.2 Å². The highest BCUT2D eigenvalue weighted by Gasteiger charge is 2.21. The molecule has 0 aromatic carbocycles. The van der Waals surface area contributed by atoms with E-state index >= 15 is 0 Å². The molecule has 0 saturated heterocycles. The van der Waals surface area contributed by atoms with E-state index in [9.17, 15) is 13.2 Å². The molecule has 8 heteroatoms. The Hall–Kier alpha value is -1.77. The molecule has 0 spiro atoms. The van der Waals surface area contributed by atoms with Crippen molar-refractivity contribution in [3.8, 4) is 0 Å². The topological polar surface area (TPSA) is 96.4 Å². The number of carbonyl (C=O) groups is 1. The zero-order valence-corrected chi connectivity index (χ0v) is 12.1. The Bertz CT molecular complexity index is 710. The van der Waals surface area contributed by atoms with Gasteiger partial charge in [-0.05, 0) is 30.7 Å². The standard InChI is InChI=1S/C12H12N2O4S2/c1-8(9-2-4-13-5-3-9)14-20(17,18)10-6-11(12(15)16)19-7-10/h2-8,14H,1H3,(H,15,16)/t8-/m0/s1. The lowest BCUT2D eigenvalue weighted by Gasteiger charge is -2.13. The Morgan fingerprint density at radius 3 is 2.60 bits per heavy atom. The van der Waals surface area contributed by atoms with Crippen LogP contribution in [0.5, 0.6) is 0 Å². The Labute approximate surface area is 120 Å². The zero-order chi connectivity index (χ0) is 14.8. The smallest absolute Gasteiger partial charge is 0.345 e. The predicted molar refractivity (Wildman–Crippen MR) is 74.3 cm³/mol. The predicted octanol–water partition coefficient (Wildman–Crippen LogP) is 1.88. The Morgan fingerprint density at radius 2 is 2.05 bits per heavy atom. The number of hydrogen-bond donors (Lipinski definition) is 2. The number of hydrogen-bond acceptors (Lipinski definition) is 5. The molecule has 0 aliphatic carbocycles. The normalized spacial score (nSPS) is 13.1. The summed E-state index contributed by atoms with van der Waals surface area (Å²) in [5.41, 5.74) is 0.775. The molecule has 0 unspecified atom stereocenters. The summed E-state index contributed by atoms with van der Waals surface area (Å²) in [4.78, 5) is 14.6. The molecule has 2 rings (SSSR count). The molecule has 0 radical (unpaired) electrons. The number of carboxylic acid groups (broad SMARTS) is 1. The van der Waals surface area contributed by atoms with Crippen molar-refractivity contribution in [2.45, 2.75) is 17.9 Å². The van der Waals surface area contributed by atoms with E-state index < -0.39 is 22.0 Å². The van der Waals surface area contributed by atoms with Gasteiger partial charge in [0.15, 0.2) is 0 Å². The fourth-order valence-corrected chi connectivity index (χ4v) is 3.94. The molecule has 2 aromatic rings. The van der Waals surface area contributed by atoms with E-state index in [1.165, 1.54) is 5.38 Å². The van der Waals surface area contributed by atoms with Crippen molar-refractivity contribution >= 4 is 27.3 Å². The van der Waals surface area contributed by atoms with Crippen molar-refractivity contribution < 1.29 is 18.3 Å². The van der Waals surface area contributed by atoms with E-state index in [0.29, 0.717) is 0 Å². The Kier molecular flexibility index (Phi) is 4.17. The molecule has 6 nitrogen and oxygen atoms in total. The number of sulfonamides is 1. The minimum Gasteiger partial charge on any atom is -0.477 e. The van der Waals surface area contributed by atoms with Crippen LogP contribution in [-0.2, 0) is 10.0 Å². The van der Waals surface area contributed by atoms with E-state index in [1.807, 2.05) is 0 Å². The minimum absolute atomic E-state index is 0.0121. The third kappa shape index (κ3) is 3.21. The molecule has 0 fully saturated rings. The second-order valence-corrected chi connectivity index (χ2v) is 6.70. The summed E-state index contributed by atoms with van der Waals surface area (Å²) in [5, 5.41) is 10.1. The van der Waals surface area contributed by atoms with Crippen LogP contribution in [0.4, 0.5) is 0 Å². The van der Waals surface area contributed by atoms with Gasteiger partial charge in [-0.25, -0.2) is 17.9 Å². The summed E-state index contributed by atoms with van der Waals surface area (Å²) < 4.78 is 26.8. The molecular weight excluding hydrogens is 300 g/mol. The molecular formula is C12H12N2O4S2. The zero-order valence-electron chi connectivity index (χ0n) is 10.5. The molecule has 0 amide bonds. The average molecular weight is 312 g/mol. The average Bonchev–Trinajstić information content (AvgIpc) is 2.90. The highest BCUT2D eigenvalue weighted by atomic mass is 32.2. The van der Waals surface area contributed by atoms with Crippen LogP contribution in [0.2, 0.25) is 0 Å². The highest BCUT2D eigenvalue weighted by molar-refractivity contribution is 7.89. The molecule has 20 heavy (non-hydrogen) atoms. The molecule has 0 saturated carbocycles. The summed E-state index contributed by atoms with van der Waals surface area (Å²) >= 11 is 0.879. The van der Waals surface area contributed by atoms with Gasteiger partial charge in [0, 0.05) is 23.8 Å². The van der Waals surface area contributed by atoms with Gasteiger partial charge < -0.3 is 5.11 Å². The number of nitrogens with one attached hydrogen (secondary N) is 1. The van der Waals surface area contributed by atoms with Crippen LogP contribution in [0, 0.1) is 0 Å². The largest absolute Gasteiger partial charge is 0.477 e. The lowest BCUT2D eigenvalue weighted by Crippen LogP contribution is -2.26. The maximum absolute atomic E-state index is 12.1. The number of pyridine rings is 1. The van der Waals surface area contributed by atoms with E-state index in [2.05, 4.69) is 9.71 Å². The van der Waals surface area contributed by atoms with E-state index in [1.54, 1.807) is 31.5 Å². The molecule has 0 bridgehead atoms. The molecule has 2 aromatic heterocycles. The number of thiophene rings is 1. The summed E-state index contributed by atoms with van der Waals surface area (Å²) in [6, 6.07) is 4.14. The van der Waals surface area contributed by atoms with Gasteiger partial charge >= 0.3 is 5.97 Å². The van der Waals surface area contributed by atoms with Crippen LogP contribution in [0.3, 0.4) is 0 Å². The number of carboxylic acids is 1. The Balaban J connectivity index is 2.20. The molecule has 0 aliphatic heterocycles. The van der Waals surface area contributed by atoms with E-state index in [-0.39, 0.29) is 9.77 Å². The van der Waals surface area contributed by atoms with Gasteiger partial charge in [0.05, 0.1) is 4.90 Å². The SMILES string of the molecule is C[C@H](NS(=O)(=O)c1csc(C(=O)O)c1)c1ccncc1. The first-order valence-corrected chi connectivity index (χ1v) is 8.00. The fourth-order valence-electron chi connectivity index (χ4n) is 1.59. The quantitative estimate of drug-likeness (QED) is 0.878. The van der Waals surface area contributed by atoms with Crippen molar-refractivity contribution in [3.05, 3.63) is 46.4 Å². The van der Waals surface area contributed by atoms with Crippen LogP contribution >= 0.6 is 11.3 Å². The lowest BCUT2D eigenvalue weighted by molar-refractivity contribution is 0.0702. The maximum atomic E-state index is 12.1. The van der Waals surface area contributed by atoms with Crippen molar-refractivity contribution in [2.24, 2.45) is 0 Å². The van der Waals surface area contributed by atoms with Crippen LogP contribution in [0.15, 0.2) is 40.9 Å². The number of aromatic nitrogens is 1. The molecule has 1 atom stereocenters. The van der Waals surface area contributed by atoms with E-state index in [0.717, 1.165) is 23.0 Å². The van der Waals surface area contributed by atoms with Gasteiger partial charge in [0.2, 0.25) is 10.0 Å². The van der Waals surface area contributed by atoms with Crippen molar-refractivity contribution in [2.75, 3.05) is 0 Å². The summed E-state index contributed by atoms with van der Waals surface area (Å²) in [5.74, 6) is -1.14. The van der Waals surface area contributed by atoms with E-state index in [4.69, 9.17) is 5.11 Å². The maximum Gasteiger partial charge on any atom is 0.345 e. The van der Waals surface area contributed by atoms with Crippen molar-refractivity contribution in [1.29, 1.82) is 0 Å². The van der Waals surface area contributed by atoms with Crippen LogP contribution in [0.25, 0.3) is 0 Å². The van der Waals surface area contributed by atoms with Crippen LogP contribution in [-0.4, -0.2) is 24.5 Å².